The topological polar surface area (TPSA) is 63.3 Å². The van der Waals surface area contributed by atoms with Crippen molar-refractivity contribution in [1.82, 2.24) is 10.3 Å². The van der Waals surface area contributed by atoms with Crippen LogP contribution < -0.4 is 5.32 Å². The molecule has 0 radical (unpaired) electrons. The maximum absolute atomic E-state index is 12.6. The van der Waals surface area contributed by atoms with Crippen molar-refractivity contribution in [2.45, 2.75) is 18.6 Å². The van der Waals surface area contributed by atoms with Crippen molar-refractivity contribution in [3.05, 3.63) is 35.0 Å². The van der Waals surface area contributed by atoms with Crippen LogP contribution in [-0.2, 0) is 9.47 Å². The molecule has 0 spiro atoms. The summed E-state index contributed by atoms with van der Waals surface area (Å²) in [6.45, 7) is 1.37. The molecule has 122 valence electrons. The van der Waals surface area contributed by atoms with Gasteiger partial charge in [-0.15, -0.1) is 0 Å². The van der Waals surface area contributed by atoms with Crippen LogP contribution in [0.3, 0.4) is 0 Å². The highest BCUT2D eigenvalue weighted by molar-refractivity contribution is 6.35. The molecule has 1 aromatic heterocycles. The van der Waals surface area contributed by atoms with E-state index in [1.165, 1.54) is 0 Å². The second kappa shape index (κ2) is 5.82. The number of benzene rings is 1. The molecule has 1 aromatic carbocycles. The van der Waals surface area contributed by atoms with E-state index in [9.17, 15) is 4.79 Å². The number of nitrogens with one attached hydrogen (secondary N) is 2. The largest absolute Gasteiger partial charge is 0.384 e. The second-order valence-electron chi connectivity index (χ2n) is 6.29. The van der Waals surface area contributed by atoms with Crippen molar-refractivity contribution >= 4 is 28.4 Å². The zero-order valence-corrected chi connectivity index (χ0v) is 13.6. The van der Waals surface area contributed by atoms with Crippen LogP contribution in [0.1, 0.15) is 16.9 Å². The minimum Gasteiger partial charge on any atom is -0.384 e. The molecule has 5 nitrogen and oxygen atoms in total. The molecule has 0 unspecified atom stereocenters. The van der Waals surface area contributed by atoms with Gasteiger partial charge in [0.15, 0.2) is 0 Å². The van der Waals surface area contributed by atoms with Gasteiger partial charge in [0.05, 0.1) is 12.7 Å². The van der Waals surface area contributed by atoms with Gasteiger partial charge in [0.25, 0.3) is 5.91 Å². The lowest BCUT2D eigenvalue weighted by atomic mass is 9.67. The Hall–Kier alpha value is -1.56. The van der Waals surface area contributed by atoms with Gasteiger partial charge >= 0.3 is 0 Å². The molecule has 4 rings (SSSR count). The number of hydrogen-bond acceptors (Lipinski definition) is 3. The van der Waals surface area contributed by atoms with Crippen molar-refractivity contribution in [3.8, 4) is 0 Å². The molecule has 23 heavy (non-hydrogen) atoms. The van der Waals surface area contributed by atoms with Crippen molar-refractivity contribution in [2.75, 3.05) is 20.3 Å². The molecule has 4 atom stereocenters. The first-order valence-corrected chi connectivity index (χ1v) is 8.25. The number of aromatic nitrogens is 1. The minimum atomic E-state index is -0.103. The molecule has 0 bridgehead atoms. The summed E-state index contributed by atoms with van der Waals surface area (Å²) in [5.41, 5.74) is 1.40. The molecule has 1 aliphatic carbocycles. The number of fused-ring (bicyclic) bond motifs is 2. The van der Waals surface area contributed by atoms with Crippen LogP contribution in [0.15, 0.2) is 24.3 Å². The van der Waals surface area contributed by atoms with Crippen LogP contribution in [0.4, 0.5) is 0 Å². The number of rotatable bonds is 4. The predicted molar refractivity (Wildman–Crippen MR) is 87.8 cm³/mol. The summed E-state index contributed by atoms with van der Waals surface area (Å²) < 4.78 is 11.0. The maximum Gasteiger partial charge on any atom is 0.267 e. The first-order valence-electron chi connectivity index (χ1n) is 7.87. The van der Waals surface area contributed by atoms with Gasteiger partial charge in [-0.05, 0) is 24.6 Å². The summed E-state index contributed by atoms with van der Waals surface area (Å²) in [6.07, 6.45) is 1.21. The number of methoxy groups -OCH3 is 1. The van der Waals surface area contributed by atoms with E-state index in [2.05, 4.69) is 10.3 Å². The van der Waals surface area contributed by atoms with Crippen molar-refractivity contribution in [3.63, 3.8) is 0 Å². The first kappa shape index (κ1) is 15.0. The summed E-state index contributed by atoms with van der Waals surface area (Å²) in [5, 5.41) is 4.65. The molecule has 1 saturated heterocycles. The van der Waals surface area contributed by atoms with Gasteiger partial charge in [-0.1, -0.05) is 17.7 Å². The smallest absolute Gasteiger partial charge is 0.267 e. The standard InChI is InChI=1S/C17H19ClN2O3/c1-22-8-11-15(9-5-6-23-16(9)11)20-17(21)14-7-10-12(18)3-2-4-13(10)19-14/h2-4,7,9,11,15-16,19H,5-6,8H2,1H3,(H,20,21)/t9-,11+,15-,16-/m0/s1. The maximum atomic E-state index is 12.6. The molecular weight excluding hydrogens is 316 g/mol. The van der Waals surface area contributed by atoms with Gasteiger partial charge in [0.1, 0.15) is 5.69 Å². The third-order valence-corrected chi connectivity index (χ3v) is 5.37. The fourth-order valence-electron chi connectivity index (χ4n) is 3.90. The van der Waals surface area contributed by atoms with Gasteiger partial charge in [0.2, 0.25) is 0 Å². The number of aromatic amines is 1. The first-order chi connectivity index (χ1) is 11.2. The summed E-state index contributed by atoms with van der Waals surface area (Å²) in [6, 6.07) is 7.51. The van der Waals surface area contributed by atoms with E-state index in [0.29, 0.717) is 23.2 Å². The Balaban J connectivity index is 1.53. The average molecular weight is 335 g/mol. The van der Waals surface area contributed by atoms with Gasteiger partial charge in [-0.2, -0.15) is 0 Å². The number of halogens is 1. The Morgan fingerprint density at radius 1 is 1.52 bits per heavy atom. The van der Waals surface area contributed by atoms with Crippen LogP contribution in [0.5, 0.6) is 0 Å². The summed E-state index contributed by atoms with van der Waals surface area (Å²) in [7, 11) is 1.68. The van der Waals surface area contributed by atoms with Crippen LogP contribution in [0, 0.1) is 11.8 Å². The summed E-state index contributed by atoms with van der Waals surface area (Å²) in [5.74, 6) is 0.519. The van der Waals surface area contributed by atoms with Crippen molar-refractivity contribution in [1.29, 1.82) is 0 Å². The molecule has 2 N–H and O–H groups in total. The van der Waals surface area contributed by atoms with Crippen LogP contribution in [0.25, 0.3) is 10.9 Å². The van der Waals surface area contributed by atoms with Gasteiger partial charge in [0, 0.05) is 47.5 Å². The van der Waals surface area contributed by atoms with E-state index >= 15 is 0 Å². The average Bonchev–Trinajstić information content (AvgIpc) is 3.15. The Labute approximate surface area is 139 Å². The Morgan fingerprint density at radius 2 is 2.39 bits per heavy atom. The molecule has 2 aromatic rings. The van der Waals surface area contributed by atoms with Gasteiger partial charge in [-0.3, -0.25) is 4.79 Å². The lowest BCUT2D eigenvalue weighted by Crippen LogP contribution is -2.62. The lowest BCUT2D eigenvalue weighted by Gasteiger charge is -2.47. The third kappa shape index (κ3) is 2.43. The second-order valence-corrected chi connectivity index (χ2v) is 6.70. The van der Waals surface area contributed by atoms with Crippen LogP contribution in [-0.4, -0.2) is 43.4 Å². The monoisotopic (exact) mass is 334 g/mol. The van der Waals surface area contributed by atoms with Crippen molar-refractivity contribution < 1.29 is 14.3 Å². The zero-order chi connectivity index (χ0) is 16.0. The molecule has 1 saturated carbocycles. The highest BCUT2D eigenvalue weighted by Gasteiger charge is 2.54. The highest BCUT2D eigenvalue weighted by atomic mass is 35.5. The number of hydrogen-bond donors (Lipinski definition) is 2. The normalized spacial score (nSPS) is 29.3. The van der Waals surface area contributed by atoms with E-state index in [1.54, 1.807) is 13.2 Å². The summed E-state index contributed by atoms with van der Waals surface area (Å²) in [4.78, 5) is 15.7. The molecular formula is C17H19ClN2O3. The fraction of sp³-hybridized carbons (Fsp3) is 0.471. The summed E-state index contributed by atoms with van der Waals surface area (Å²) >= 11 is 6.17. The number of H-pyrrole nitrogens is 1. The Bertz CT molecular complexity index is 745. The Kier molecular flexibility index (Phi) is 3.79. The van der Waals surface area contributed by atoms with Gasteiger partial charge < -0.3 is 19.8 Å². The van der Waals surface area contributed by atoms with Crippen molar-refractivity contribution in [2.24, 2.45) is 11.8 Å². The molecule has 6 heteroatoms. The molecule has 2 fully saturated rings. The number of carbonyl (C=O) groups is 1. The predicted octanol–water partition coefficient (Wildman–Crippen LogP) is 2.60. The van der Waals surface area contributed by atoms with E-state index in [0.717, 1.165) is 23.9 Å². The zero-order valence-electron chi connectivity index (χ0n) is 12.8. The molecule has 2 heterocycles. The lowest BCUT2D eigenvalue weighted by molar-refractivity contribution is -0.0810. The highest BCUT2D eigenvalue weighted by Crippen LogP contribution is 2.43. The molecule has 1 aliphatic heterocycles. The third-order valence-electron chi connectivity index (χ3n) is 5.04. The van der Waals surface area contributed by atoms with Crippen LogP contribution in [0.2, 0.25) is 5.02 Å². The molecule has 1 amide bonds. The number of carbonyl (C=O) groups excluding carboxylic acids is 1. The van der Waals surface area contributed by atoms with E-state index in [-0.39, 0.29) is 24.0 Å². The molecule has 2 aliphatic rings. The van der Waals surface area contributed by atoms with Gasteiger partial charge in [-0.25, -0.2) is 0 Å². The van der Waals surface area contributed by atoms with E-state index in [4.69, 9.17) is 21.1 Å². The quantitative estimate of drug-likeness (QED) is 0.903. The van der Waals surface area contributed by atoms with Crippen LogP contribution >= 0.6 is 11.6 Å². The Morgan fingerprint density at radius 3 is 3.17 bits per heavy atom. The van der Waals surface area contributed by atoms with E-state index in [1.807, 2.05) is 18.2 Å². The van der Waals surface area contributed by atoms with E-state index < -0.39 is 0 Å². The number of ether oxygens (including phenoxy) is 2. The fourth-order valence-corrected chi connectivity index (χ4v) is 4.13. The SMILES string of the molecule is COC[C@@H]1[C@@H](NC(=O)c2cc3c(Cl)cccc3[nH]2)[C@@H]2CCO[C@H]12. The number of amides is 1. The minimum absolute atomic E-state index is 0.103.